The van der Waals surface area contributed by atoms with E-state index in [9.17, 15) is 0 Å². The van der Waals surface area contributed by atoms with Crippen molar-refractivity contribution in [3.8, 4) is 33.4 Å². The van der Waals surface area contributed by atoms with Gasteiger partial charge in [0.15, 0.2) is 0 Å². The van der Waals surface area contributed by atoms with Crippen molar-refractivity contribution >= 4 is 69.2 Å². The summed E-state index contributed by atoms with van der Waals surface area (Å²) in [6, 6.07) is 46.2. The Morgan fingerprint density at radius 2 is 0.905 bits per heavy atom. The monoisotopic (exact) mass is 568 g/mol. The van der Waals surface area contributed by atoms with Gasteiger partial charge in [0.25, 0.3) is 0 Å². The zero-order valence-corrected chi connectivity index (χ0v) is 26.5. The van der Waals surface area contributed by atoms with Gasteiger partial charge in [-0.05, 0) is 98.6 Å². The molecule has 2 aliphatic rings. The molecule has 0 bridgehead atoms. The molecule has 0 saturated heterocycles. The maximum atomic E-state index is 2.60. The Hall–Kier alpha value is -4.25. The molecular weight excluding hydrogens is 537 g/mol. The number of fused-ring (bicyclic) bond motifs is 13. The van der Waals surface area contributed by atoms with Crippen molar-refractivity contribution in [2.24, 2.45) is 0 Å². The summed E-state index contributed by atoms with van der Waals surface area (Å²) in [5.41, 5.74) is 8.61. The molecule has 0 nitrogen and oxygen atoms in total. The molecule has 0 amide bonds. The first-order valence-corrected chi connectivity index (χ1v) is 21.1. The lowest BCUT2D eigenvalue weighted by Gasteiger charge is -2.29. The zero-order valence-electron chi connectivity index (χ0n) is 24.5. The minimum Gasteiger partial charge on any atom is -0.0623 e. The van der Waals surface area contributed by atoms with Crippen LogP contribution >= 0.6 is 0 Å². The Balaban J connectivity index is 1.32. The Kier molecular flexibility index (Phi) is 4.75. The van der Waals surface area contributed by atoms with E-state index < -0.39 is 16.1 Å². The van der Waals surface area contributed by atoms with E-state index >= 15 is 0 Å². The molecule has 9 rings (SSSR count). The first kappa shape index (κ1) is 24.4. The fourth-order valence-corrected chi connectivity index (χ4v) is 16.9. The van der Waals surface area contributed by atoms with Gasteiger partial charge in [-0.3, -0.25) is 0 Å². The summed E-state index contributed by atoms with van der Waals surface area (Å²) in [5.74, 6) is 0. The lowest BCUT2D eigenvalue weighted by molar-refractivity contribution is 1.66. The molecule has 42 heavy (non-hydrogen) atoms. The molecule has 0 fully saturated rings. The van der Waals surface area contributed by atoms with Gasteiger partial charge >= 0.3 is 0 Å². The van der Waals surface area contributed by atoms with E-state index in [-0.39, 0.29) is 0 Å². The molecule has 0 unspecified atom stereocenters. The highest BCUT2D eigenvalue weighted by Gasteiger charge is 2.48. The Morgan fingerprint density at radius 1 is 0.381 bits per heavy atom. The largest absolute Gasteiger partial charge is 0.113 e. The van der Waals surface area contributed by atoms with Gasteiger partial charge in [0.2, 0.25) is 0 Å². The van der Waals surface area contributed by atoms with Crippen molar-refractivity contribution in [1.29, 1.82) is 0 Å². The van der Waals surface area contributed by atoms with E-state index in [2.05, 4.69) is 148 Å². The molecule has 0 aliphatic carbocycles. The predicted octanol–water partition coefficient (Wildman–Crippen LogP) is 8.42. The van der Waals surface area contributed by atoms with Crippen molar-refractivity contribution in [2.45, 2.75) is 26.2 Å². The molecule has 2 heterocycles. The van der Waals surface area contributed by atoms with E-state index in [1.54, 1.807) is 20.7 Å². The van der Waals surface area contributed by atoms with Gasteiger partial charge in [0.1, 0.15) is 16.1 Å². The van der Waals surface area contributed by atoms with Crippen molar-refractivity contribution in [3.63, 3.8) is 0 Å². The molecule has 7 aromatic rings. The van der Waals surface area contributed by atoms with Crippen LogP contribution in [0.5, 0.6) is 0 Å². The first-order valence-electron chi connectivity index (χ1n) is 15.1. The predicted molar refractivity (Wildman–Crippen MR) is 189 cm³/mol. The van der Waals surface area contributed by atoms with Crippen molar-refractivity contribution in [1.82, 2.24) is 0 Å². The lowest BCUT2D eigenvalue weighted by Crippen LogP contribution is -2.63. The fourth-order valence-electron chi connectivity index (χ4n) is 8.43. The highest BCUT2D eigenvalue weighted by Crippen LogP contribution is 2.42. The molecule has 0 saturated carbocycles. The van der Waals surface area contributed by atoms with Crippen molar-refractivity contribution < 1.29 is 0 Å². The lowest BCUT2D eigenvalue weighted by atomic mass is 9.90. The van der Waals surface area contributed by atoms with Crippen LogP contribution in [-0.4, -0.2) is 16.1 Å². The molecule has 200 valence electrons. The third-order valence-corrected chi connectivity index (χ3v) is 17.7. The van der Waals surface area contributed by atoms with Crippen LogP contribution in [0.1, 0.15) is 0 Å². The molecule has 7 aromatic carbocycles. The highest BCUT2D eigenvalue weighted by molar-refractivity contribution is 7.13. The Morgan fingerprint density at radius 3 is 1.67 bits per heavy atom. The zero-order chi connectivity index (χ0) is 28.4. The summed E-state index contributed by atoms with van der Waals surface area (Å²) in [5, 5.41) is 14.7. The molecule has 0 aromatic heterocycles. The molecule has 2 heteroatoms. The van der Waals surface area contributed by atoms with E-state index in [4.69, 9.17) is 0 Å². The summed E-state index contributed by atoms with van der Waals surface area (Å²) in [4.78, 5) is 0. The molecule has 0 spiro atoms. The number of hydrogen-bond acceptors (Lipinski definition) is 0. The molecule has 0 radical (unpaired) electrons. The van der Waals surface area contributed by atoms with Crippen LogP contribution < -0.4 is 20.7 Å². The van der Waals surface area contributed by atoms with E-state index in [0.717, 1.165) is 0 Å². The van der Waals surface area contributed by atoms with Crippen LogP contribution in [0, 0.1) is 0 Å². The SMILES string of the molecule is C[Si]1(C)c2ccccc2-c2c1c1c(c3ccccc23)-c2cc(-c3ccc4c(ccc5ccccc54)c3)ccc2[Si]1(C)C. The number of benzene rings is 7. The second-order valence-corrected chi connectivity index (χ2v) is 21.9. The standard InChI is InChI=1S/C40H32Si2/c1-41(2)35-16-10-9-15-33(35)37-31-13-7-8-14-32(31)38-34-24-27(20-22-36(34)42(3,4)40(38)39(37)41)26-19-21-30-28(23-26)18-17-25-11-5-6-12-29(25)30/h5-24H,1-4H3. The molecular formula is C40H32Si2. The quantitative estimate of drug-likeness (QED) is 0.138. The number of hydrogen-bond donors (Lipinski definition) is 0. The van der Waals surface area contributed by atoms with Crippen LogP contribution in [0.4, 0.5) is 0 Å². The van der Waals surface area contributed by atoms with Gasteiger partial charge < -0.3 is 0 Å². The fraction of sp³-hybridized carbons (Fsp3) is 0.100. The third kappa shape index (κ3) is 3.01. The molecule has 0 N–H and O–H groups in total. The van der Waals surface area contributed by atoms with Gasteiger partial charge in [0.05, 0.1) is 0 Å². The van der Waals surface area contributed by atoms with Crippen molar-refractivity contribution in [2.75, 3.05) is 0 Å². The second kappa shape index (κ2) is 8.19. The smallest absolute Gasteiger partial charge is 0.0623 e. The normalized spacial score (nSPS) is 15.5. The minimum absolute atomic E-state index is 1.29. The number of rotatable bonds is 1. The topological polar surface area (TPSA) is 0 Å². The first-order chi connectivity index (χ1) is 20.4. The summed E-state index contributed by atoms with van der Waals surface area (Å²) >= 11 is 0. The average molecular weight is 569 g/mol. The summed E-state index contributed by atoms with van der Waals surface area (Å²) in [7, 11) is -3.83. The second-order valence-electron chi connectivity index (χ2n) is 13.3. The third-order valence-electron chi connectivity index (χ3n) is 10.4. The van der Waals surface area contributed by atoms with Crippen LogP contribution in [0.3, 0.4) is 0 Å². The Bertz CT molecular complexity index is 2300. The minimum atomic E-state index is -1.95. The van der Waals surface area contributed by atoms with E-state index in [1.807, 2.05) is 0 Å². The summed E-state index contributed by atoms with van der Waals surface area (Å²) in [6.45, 7) is 10.4. The average Bonchev–Trinajstić information content (AvgIpc) is 3.40. The summed E-state index contributed by atoms with van der Waals surface area (Å²) in [6.07, 6.45) is 0. The van der Waals surface area contributed by atoms with Crippen LogP contribution in [0.2, 0.25) is 26.2 Å². The van der Waals surface area contributed by atoms with Gasteiger partial charge in [0, 0.05) is 0 Å². The van der Waals surface area contributed by atoms with E-state index in [1.165, 1.54) is 65.7 Å². The highest BCUT2D eigenvalue weighted by atomic mass is 28.3. The van der Waals surface area contributed by atoms with Crippen molar-refractivity contribution in [3.05, 3.63) is 121 Å². The van der Waals surface area contributed by atoms with Crippen LogP contribution in [0.15, 0.2) is 121 Å². The van der Waals surface area contributed by atoms with Gasteiger partial charge in [-0.25, -0.2) is 0 Å². The van der Waals surface area contributed by atoms with Gasteiger partial charge in [-0.2, -0.15) is 0 Å². The van der Waals surface area contributed by atoms with E-state index in [0.29, 0.717) is 0 Å². The van der Waals surface area contributed by atoms with Gasteiger partial charge in [-0.15, -0.1) is 0 Å². The summed E-state index contributed by atoms with van der Waals surface area (Å²) < 4.78 is 0. The van der Waals surface area contributed by atoms with Crippen LogP contribution in [0.25, 0.3) is 65.7 Å². The maximum Gasteiger partial charge on any atom is 0.113 e. The van der Waals surface area contributed by atoms with Gasteiger partial charge in [-0.1, -0.05) is 135 Å². The molecule has 0 atom stereocenters. The Labute approximate surface area is 249 Å². The molecule has 2 aliphatic heterocycles. The van der Waals surface area contributed by atoms with Crippen LogP contribution in [-0.2, 0) is 0 Å². The maximum absolute atomic E-state index is 2.60.